The summed E-state index contributed by atoms with van der Waals surface area (Å²) in [6.07, 6.45) is 2.77. The van der Waals surface area contributed by atoms with Crippen LogP contribution < -0.4 is 5.56 Å². The van der Waals surface area contributed by atoms with E-state index in [-0.39, 0.29) is 29.8 Å². The number of para-hydroxylation sites is 2. The summed E-state index contributed by atoms with van der Waals surface area (Å²) in [5.41, 5.74) is 3.50. The predicted octanol–water partition coefficient (Wildman–Crippen LogP) is 3.93. The van der Waals surface area contributed by atoms with Crippen LogP contribution in [0.15, 0.2) is 41.3 Å². The smallest absolute Gasteiger partial charge is 0.253 e. The summed E-state index contributed by atoms with van der Waals surface area (Å²) in [5, 5.41) is 0. The first-order valence-corrected chi connectivity index (χ1v) is 13.2. The Morgan fingerprint density at radius 1 is 1.14 bits per heavy atom. The molecule has 0 saturated carbocycles. The Morgan fingerprint density at radius 3 is 2.62 bits per heavy atom. The molecule has 3 aromatic rings. The Kier molecular flexibility index (Phi) is 7.42. The number of alkyl halides is 2. The quantitative estimate of drug-likeness (QED) is 0.503. The molecule has 5 rings (SSSR count). The number of amides is 1. The first kappa shape index (κ1) is 25.6. The van der Waals surface area contributed by atoms with Crippen LogP contribution in [0.1, 0.15) is 31.2 Å². The number of fused-ring (bicyclic) bond motifs is 1. The lowest BCUT2D eigenvalue weighted by Gasteiger charge is -2.38. The number of nitrogens with zero attached hydrogens (tertiary/aromatic N) is 5. The van der Waals surface area contributed by atoms with Gasteiger partial charge in [0.05, 0.1) is 17.6 Å². The van der Waals surface area contributed by atoms with Crippen LogP contribution in [-0.2, 0) is 18.4 Å². The van der Waals surface area contributed by atoms with Gasteiger partial charge in [-0.2, -0.15) is 0 Å². The average Bonchev–Trinajstić information content (AvgIpc) is 3.25. The topological polar surface area (TPSA) is 63.4 Å². The van der Waals surface area contributed by atoms with Gasteiger partial charge < -0.3 is 14.0 Å². The Labute approximate surface area is 215 Å². The Balaban J connectivity index is 1.34. The zero-order valence-electron chi connectivity index (χ0n) is 21.6. The molecule has 2 aromatic heterocycles. The Morgan fingerprint density at radius 2 is 1.89 bits per heavy atom. The first-order chi connectivity index (χ1) is 17.8. The summed E-state index contributed by atoms with van der Waals surface area (Å²) in [5.74, 6) is 1.20. The summed E-state index contributed by atoms with van der Waals surface area (Å²) in [6, 6.07) is 9.95. The number of aromatic nitrogens is 3. The van der Waals surface area contributed by atoms with Gasteiger partial charge in [-0.15, -0.1) is 0 Å². The highest BCUT2D eigenvalue weighted by Crippen LogP contribution is 2.29. The molecule has 1 aromatic carbocycles. The van der Waals surface area contributed by atoms with Gasteiger partial charge in [-0.05, 0) is 69.8 Å². The molecule has 0 spiro atoms. The molecule has 0 radical (unpaired) electrons. The summed E-state index contributed by atoms with van der Waals surface area (Å²) in [6.45, 7) is 4.90. The zero-order chi connectivity index (χ0) is 26.1. The molecule has 2 saturated heterocycles. The van der Waals surface area contributed by atoms with Crippen molar-refractivity contribution < 1.29 is 13.6 Å². The van der Waals surface area contributed by atoms with Crippen molar-refractivity contribution in [3.63, 3.8) is 0 Å². The van der Waals surface area contributed by atoms with Crippen LogP contribution in [0, 0.1) is 18.8 Å². The molecule has 0 unspecified atom stereocenters. The van der Waals surface area contributed by atoms with Crippen molar-refractivity contribution in [2.45, 2.75) is 45.6 Å². The number of pyridine rings is 1. The molecule has 0 aliphatic carbocycles. The lowest BCUT2D eigenvalue weighted by Crippen LogP contribution is -2.47. The third-order valence-electron chi connectivity index (χ3n) is 7.88. The van der Waals surface area contributed by atoms with Gasteiger partial charge >= 0.3 is 0 Å². The van der Waals surface area contributed by atoms with Crippen molar-refractivity contribution >= 4 is 16.9 Å². The van der Waals surface area contributed by atoms with Gasteiger partial charge in [0.25, 0.3) is 12.0 Å². The van der Waals surface area contributed by atoms with E-state index in [2.05, 4.69) is 10.6 Å². The molecule has 9 heteroatoms. The number of benzene rings is 1. The maximum absolute atomic E-state index is 13.3. The van der Waals surface area contributed by atoms with Crippen molar-refractivity contribution in [1.29, 1.82) is 0 Å². The highest BCUT2D eigenvalue weighted by atomic mass is 19.3. The minimum absolute atomic E-state index is 0.0205. The predicted molar refractivity (Wildman–Crippen MR) is 140 cm³/mol. The number of hydrogen-bond donors (Lipinski definition) is 0. The van der Waals surface area contributed by atoms with Crippen LogP contribution in [0.3, 0.4) is 0 Å². The van der Waals surface area contributed by atoms with E-state index in [4.69, 9.17) is 4.98 Å². The van der Waals surface area contributed by atoms with E-state index in [9.17, 15) is 18.4 Å². The van der Waals surface area contributed by atoms with E-state index in [1.54, 1.807) is 16.5 Å². The highest BCUT2D eigenvalue weighted by molar-refractivity contribution is 5.81. The Hall–Kier alpha value is -3.07. The molecule has 2 fully saturated rings. The molecule has 1 atom stereocenters. The SMILES string of the molecule is Cc1cc(-c2nc3ccccc3n2C[C@@H]2CCCN(C(=O)C3CCN(CC(F)F)CC3)C2)cn(C)c1=O. The minimum atomic E-state index is -2.33. The van der Waals surface area contributed by atoms with Crippen molar-refractivity contribution in [2.24, 2.45) is 18.9 Å². The minimum Gasteiger partial charge on any atom is -0.342 e. The lowest BCUT2D eigenvalue weighted by atomic mass is 9.92. The fraction of sp³-hybridized carbons (Fsp3) is 0.536. The van der Waals surface area contributed by atoms with E-state index in [1.807, 2.05) is 42.3 Å². The number of piperidine rings is 2. The van der Waals surface area contributed by atoms with Crippen LogP contribution in [0.2, 0.25) is 0 Å². The van der Waals surface area contributed by atoms with Crippen molar-refractivity contribution in [1.82, 2.24) is 23.9 Å². The second-order valence-corrected chi connectivity index (χ2v) is 10.6. The average molecular weight is 512 g/mol. The van der Waals surface area contributed by atoms with Crippen LogP contribution in [-0.4, -0.2) is 69.0 Å². The van der Waals surface area contributed by atoms with Gasteiger partial charge in [-0.25, -0.2) is 13.8 Å². The van der Waals surface area contributed by atoms with E-state index in [0.717, 1.165) is 48.4 Å². The van der Waals surface area contributed by atoms with Gasteiger partial charge in [0, 0.05) is 49.9 Å². The van der Waals surface area contributed by atoms with Gasteiger partial charge in [-0.1, -0.05) is 12.1 Å². The molecular weight excluding hydrogens is 476 g/mol. The summed E-state index contributed by atoms with van der Waals surface area (Å²) in [4.78, 5) is 34.3. The second kappa shape index (κ2) is 10.7. The number of hydrogen-bond acceptors (Lipinski definition) is 4. The summed E-state index contributed by atoms with van der Waals surface area (Å²) < 4.78 is 29.3. The molecule has 0 N–H and O–H groups in total. The van der Waals surface area contributed by atoms with Crippen LogP contribution in [0.5, 0.6) is 0 Å². The number of imidazole rings is 1. The van der Waals surface area contributed by atoms with Gasteiger partial charge in [0.15, 0.2) is 0 Å². The maximum atomic E-state index is 13.3. The first-order valence-electron chi connectivity index (χ1n) is 13.2. The van der Waals surface area contributed by atoms with E-state index in [0.29, 0.717) is 38.0 Å². The highest BCUT2D eigenvalue weighted by Gasteiger charge is 2.32. The lowest BCUT2D eigenvalue weighted by molar-refractivity contribution is -0.139. The number of likely N-dealkylation sites (tertiary alicyclic amines) is 2. The van der Waals surface area contributed by atoms with Gasteiger partial charge in [0.2, 0.25) is 5.91 Å². The van der Waals surface area contributed by atoms with Crippen LogP contribution in [0.25, 0.3) is 22.4 Å². The van der Waals surface area contributed by atoms with Gasteiger partial charge in [0.1, 0.15) is 5.82 Å². The third kappa shape index (κ3) is 5.46. The standard InChI is InChI=1S/C28H35F2N5O2/c1-19-14-22(17-32(2)27(19)36)26-31-23-7-3-4-8-24(23)35(26)16-20-6-5-11-34(15-20)28(37)21-9-12-33(13-10-21)18-25(29)30/h3-4,7-8,14,17,20-21,25H,5-6,9-13,15-16,18H2,1-2H3/t20-/m1/s1. The van der Waals surface area contributed by atoms with E-state index >= 15 is 0 Å². The molecule has 37 heavy (non-hydrogen) atoms. The summed E-state index contributed by atoms with van der Waals surface area (Å²) >= 11 is 0. The third-order valence-corrected chi connectivity index (χ3v) is 7.88. The number of carbonyl (C=O) groups excluding carboxylic acids is 1. The fourth-order valence-electron chi connectivity index (χ4n) is 5.97. The molecule has 1 amide bonds. The van der Waals surface area contributed by atoms with E-state index < -0.39 is 6.43 Å². The Bertz CT molecular complexity index is 1300. The number of carbonyl (C=O) groups is 1. The molecule has 7 nitrogen and oxygen atoms in total. The molecule has 198 valence electrons. The van der Waals surface area contributed by atoms with Crippen molar-refractivity contribution in [3.8, 4) is 11.4 Å². The van der Waals surface area contributed by atoms with Crippen molar-refractivity contribution in [2.75, 3.05) is 32.7 Å². The molecule has 0 bridgehead atoms. The molecular formula is C28H35F2N5O2. The van der Waals surface area contributed by atoms with Crippen LogP contribution >= 0.6 is 0 Å². The fourth-order valence-corrected chi connectivity index (χ4v) is 5.97. The molecule has 4 heterocycles. The largest absolute Gasteiger partial charge is 0.342 e. The monoisotopic (exact) mass is 511 g/mol. The number of rotatable bonds is 6. The maximum Gasteiger partial charge on any atom is 0.253 e. The number of aryl methyl sites for hydroxylation is 2. The number of halogens is 2. The van der Waals surface area contributed by atoms with Crippen molar-refractivity contribution in [3.05, 3.63) is 52.4 Å². The molecule has 2 aliphatic rings. The van der Waals surface area contributed by atoms with Crippen LogP contribution in [0.4, 0.5) is 8.78 Å². The molecule has 2 aliphatic heterocycles. The zero-order valence-corrected chi connectivity index (χ0v) is 21.6. The summed E-state index contributed by atoms with van der Waals surface area (Å²) in [7, 11) is 1.76. The van der Waals surface area contributed by atoms with E-state index in [1.165, 1.54) is 0 Å². The second-order valence-electron chi connectivity index (χ2n) is 10.6. The van der Waals surface area contributed by atoms with Gasteiger partial charge in [-0.3, -0.25) is 14.5 Å². The normalized spacial score (nSPS) is 19.7.